The highest BCUT2D eigenvalue weighted by molar-refractivity contribution is 7.26. The standard InChI is InChI=1S/C52H34N4S/c1-52(2)43-30-45-42(29-41(43)38-27-26-31-14-6-7-19-35(31)47(38)52)36-20-8-10-24-44(36)56(45)34-18-12-17-33(28-34)50-53-49(32-15-4-3-5-16-32)54-51(55-50)40-23-13-22-39-37-21-9-11-25-46(37)57-48(39)40/h3-30H,1-2H3. The summed E-state index contributed by atoms with van der Waals surface area (Å²) in [5.74, 6) is 1.97. The molecule has 0 N–H and O–H groups in total. The van der Waals surface area contributed by atoms with Crippen LogP contribution in [-0.4, -0.2) is 19.5 Å². The van der Waals surface area contributed by atoms with E-state index in [0.29, 0.717) is 17.5 Å². The van der Waals surface area contributed by atoms with Crippen LogP contribution >= 0.6 is 11.3 Å². The van der Waals surface area contributed by atoms with Gasteiger partial charge < -0.3 is 4.57 Å². The maximum absolute atomic E-state index is 5.26. The summed E-state index contributed by atoms with van der Waals surface area (Å²) in [6, 6.07) is 61.0. The molecule has 4 nitrogen and oxygen atoms in total. The molecule has 0 atom stereocenters. The fourth-order valence-corrected chi connectivity index (χ4v) is 10.6. The number of hydrogen-bond donors (Lipinski definition) is 0. The zero-order valence-corrected chi connectivity index (χ0v) is 32.2. The molecule has 0 fully saturated rings. The first-order valence-electron chi connectivity index (χ1n) is 19.4. The van der Waals surface area contributed by atoms with Crippen LogP contribution in [0.1, 0.15) is 25.0 Å². The third kappa shape index (κ3) is 4.76. The van der Waals surface area contributed by atoms with Crippen molar-refractivity contribution >= 4 is 64.1 Å². The highest BCUT2D eigenvalue weighted by Crippen LogP contribution is 2.53. The van der Waals surface area contributed by atoms with Gasteiger partial charge in [-0.15, -0.1) is 11.3 Å². The average Bonchev–Trinajstić information content (AvgIpc) is 3.88. The van der Waals surface area contributed by atoms with E-state index in [1.54, 1.807) is 11.3 Å². The first-order chi connectivity index (χ1) is 28.0. The van der Waals surface area contributed by atoms with Gasteiger partial charge in [-0.2, -0.15) is 0 Å². The van der Waals surface area contributed by atoms with E-state index >= 15 is 0 Å². The minimum Gasteiger partial charge on any atom is -0.309 e. The Morgan fingerprint density at radius 1 is 0.456 bits per heavy atom. The molecule has 11 aromatic rings. The molecular weight excluding hydrogens is 713 g/mol. The van der Waals surface area contributed by atoms with Crippen molar-refractivity contribution in [1.29, 1.82) is 0 Å². The van der Waals surface area contributed by atoms with Crippen LogP contribution in [0.3, 0.4) is 0 Å². The predicted octanol–water partition coefficient (Wildman–Crippen LogP) is 13.8. The maximum Gasteiger partial charge on any atom is 0.165 e. The fourth-order valence-electron chi connectivity index (χ4n) is 9.39. The zero-order valence-electron chi connectivity index (χ0n) is 31.4. The second kappa shape index (κ2) is 12.0. The van der Waals surface area contributed by atoms with Gasteiger partial charge in [0.15, 0.2) is 17.5 Å². The monoisotopic (exact) mass is 746 g/mol. The molecule has 0 spiro atoms. The minimum absolute atomic E-state index is 0.171. The van der Waals surface area contributed by atoms with Crippen molar-refractivity contribution in [3.8, 4) is 51.0 Å². The van der Waals surface area contributed by atoms with Crippen LogP contribution in [0.4, 0.5) is 0 Å². The van der Waals surface area contributed by atoms with Crippen molar-refractivity contribution in [1.82, 2.24) is 19.5 Å². The van der Waals surface area contributed by atoms with Crippen molar-refractivity contribution in [2.75, 3.05) is 0 Å². The van der Waals surface area contributed by atoms with E-state index in [9.17, 15) is 0 Å². The van der Waals surface area contributed by atoms with Gasteiger partial charge in [0.1, 0.15) is 0 Å². The lowest BCUT2D eigenvalue weighted by atomic mass is 9.80. The third-order valence-corrected chi connectivity index (χ3v) is 13.2. The van der Waals surface area contributed by atoms with Gasteiger partial charge in [-0.25, -0.2) is 15.0 Å². The molecule has 3 aromatic heterocycles. The summed E-state index contributed by atoms with van der Waals surface area (Å²) >= 11 is 1.79. The van der Waals surface area contributed by atoms with E-state index in [1.165, 1.54) is 75.0 Å². The zero-order chi connectivity index (χ0) is 37.8. The normalized spacial score (nSPS) is 13.2. The molecule has 5 heteroatoms. The van der Waals surface area contributed by atoms with Crippen LogP contribution in [-0.2, 0) is 5.41 Å². The molecule has 0 radical (unpaired) electrons. The van der Waals surface area contributed by atoms with Crippen molar-refractivity contribution in [2.24, 2.45) is 0 Å². The number of nitrogens with zero attached hydrogens (tertiary/aromatic N) is 4. The Bertz CT molecular complexity index is 3450. The average molecular weight is 747 g/mol. The molecule has 0 saturated carbocycles. The molecular formula is C52H34N4S. The second-order valence-electron chi connectivity index (χ2n) is 15.6. The van der Waals surface area contributed by atoms with Crippen molar-refractivity contribution in [3.63, 3.8) is 0 Å². The topological polar surface area (TPSA) is 43.6 Å². The summed E-state index contributed by atoms with van der Waals surface area (Å²) in [6.07, 6.45) is 0. The van der Waals surface area contributed by atoms with Crippen LogP contribution in [0, 0.1) is 0 Å². The summed E-state index contributed by atoms with van der Waals surface area (Å²) in [7, 11) is 0. The molecule has 3 heterocycles. The van der Waals surface area contributed by atoms with Crippen molar-refractivity contribution in [2.45, 2.75) is 19.3 Å². The Morgan fingerprint density at radius 3 is 2.02 bits per heavy atom. The Balaban J connectivity index is 1.06. The Kier molecular flexibility index (Phi) is 6.82. The molecule has 0 unspecified atom stereocenters. The van der Waals surface area contributed by atoms with Crippen LogP contribution in [0.15, 0.2) is 170 Å². The third-order valence-electron chi connectivity index (χ3n) is 12.0. The molecule has 57 heavy (non-hydrogen) atoms. The minimum atomic E-state index is -0.171. The number of fused-ring (bicyclic) bond motifs is 11. The van der Waals surface area contributed by atoms with Crippen LogP contribution in [0.5, 0.6) is 0 Å². The number of thiophene rings is 1. The van der Waals surface area contributed by atoms with Crippen LogP contribution < -0.4 is 0 Å². The lowest BCUT2D eigenvalue weighted by molar-refractivity contribution is 0.667. The van der Waals surface area contributed by atoms with Gasteiger partial charge in [0.05, 0.1) is 11.0 Å². The number of benzene rings is 8. The first-order valence-corrected chi connectivity index (χ1v) is 20.3. The first kappa shape index (κ1) is 32.3. The van der Waals surface area contributed by atoms with E-state index in [0.717, 1.165) is 22.4 Å². The molecule has 1 aliphatic carbocycles. The van der Waals surface area contributed by atoms with Crippen LogP contribution in [0.2, 0.25) is 0 Å². The SMILES string of the molecule is CC1(C)c2cc3c(cc2-c2ccc4ccccc4c21)c1ccccc1n3-c1cccc(-c2nc(-c3ccccc3)nc(-c3cccc4c3sc3ccccc34)n2)c1. The van der Waals surface area contributed by atoms with Crippen LogP contribution in [0.25, 0.3) is 104 Å². The molecule has 0 amide bonds. The van der Waals surface area contributed by atoms with Gasteiger partial charge in [-0.05, 0) is 75.5 Å². The summed E-state index contributed by atoms with van der Waals surface area (Å²) in [5.41, 5.74) is 11.6. The summed E-state index contributed by atoms with van der Waals surface area (Å²) in [5, 5.41) is 7.56. The smallest absolute Gasteiger partial charge is 0.165 e. The largest absolute Gasteiger partial charge is 0.309 e. The number of hydrogen-bond acceptors (Lipinski definition) is 4. The number of rotatable bonds is 4. The maximum atomic E-state index is 5.26. The molecule has 0 aliphatic heterocycles. The Hall–Kier alpha value is -6.95. The van der Waals surface area contributed by atoms with E-state index < -0.39 is 0 Å². The number of aromatic nitrogens is 4. The highest BCUT2D eigenvalue weighted by atomic mass is 32.1. The van der Waals surface area contributed by atoms with Gasteiger partial charge in [0.2, 0.25) is 0 Å². The van der Waals surface area contributed by atoms with Gasteiger partial charge in [0.25, 0.3) is 0 Å². The Labute approximate surface area is 333 Å². The fraction of sp³-hybridized carbons (Fsp3) is 0.0577. The highest BCUT2D eigenvalue weighted by Gasteiger charge is 2.37. The molecule has 268 valence electrons. The van der Waals surface area contributed by atoms with Gasteiger partial charge in [-0.3, -0.25) is 0 Å². The van der Waals surface area contributed by atoms with Crippen molar-refractivity contribution < 1.29 is 0 Å². The van der Waals surface area contributed by atoms with E-state index in [2.05, 4.69) is 170 Å². The summed E-state index contributed by atoms with van der Waals surface area (Å²) in [4.78, 5) is 15.5. The molecule has 0 saturated heterocycles. The lowest BCUT2D eigenvalue weighted by Gasteiger charge is -2.23. The second-order valence-corrected chi connectivity index (χ2v) is 16.7. The van der Waals surface area contributed by atoms with Crippen molar-refractivity contribution in [3.05, 3.63) is 181 Å². The molecule has 1 aliphatic rings. The van der Waals surface area contributed by atoms with E-state index in [4.69, 9.17) is 15.0 Å². The van der Waals surface area contributed by atoms with Gasteiger partial charge in [0, 0.05) is 58.7 Å². The molecule has 8 aromatic carbocycles. The molecule has 12 rings (SSSR count). The predicted molar refractivity (Wildman–Crippen MR) is 238 cm³/mol. The van der Waals surface area contributed by atoms with E-state index in [1.807, 2.05) is 18.2 Å². The van der Waals surface area contributed by atoms with Gasteiger partial charge >= 0.3 is 0 Å². The summed E-state index contributed by atoms with van der Waals surface area (Å²) < 4.78 is 4.85. The molecule has 0 bridgehead atoms. The number of para-hydroxylation sites is 1. The summed E-state index contributed by atoms with van der Waals surface area (Å²) in [6.45, 7) is 4.76. The quantitative estimate of drug-likeness (QED) is 0.180. The van der Waals surface area contributed by atoms with Gasteiger partial charge in [-0.1, -0.05) is 141 Å². The lowest BCUT2D eigenvalue weighted by Crippen LogP contribution is -2.15. The Morgan fingerprint density at radius 2 is 1.14 bits per heavy atom. The van der Waals surface area contributed by atoms with E-state index in [-0.39, 0.29) is 5.41 Å².